The quantitative estimate of drug-likeness (QED) is 0.471. The summed E-state index contributed by atoms with van der Waals surface area (Å²) in [5.74, 6) is 0.362. The average Bonchev–Trinajstić information content (AvgIpc) is 3.01. The zero-order valence-corrected chi connectivity index (χ0v) is 14.9. The molecule has 1 N–H and O–H groups in total. The van der Waals surface area contributed by atoms with Gasteiger partial charge in [0.25, 0.3) is 0 Å². The SMILES string of the molecule is Cc1csc(NN=Cc2cc(Cl)ccc2OCc2ccc(F)cc2)n1. The fraction of sp³-hybridized carbons (Fsp3) is 0.111. The van der Waals surface area contributed by atoms with Gasteiger partial charge in [-0.25, -0.2) is 9.37 Å². The molecule has 0 unspecified atom stereocenters. The van der Waals surface area contributed by atoms with Gasteiger partial charge in [-0.1, -0.05) is 23.7 Å². The predicted molar refractivity (Wildman–Crippen MR) is 100 cm³/mol. The number of aromatic nitrogens is 1. The van der Waals surface area contributed by atoms with Crippen LogP contribution >= 0.6 is 22.9 Å². The number of ether oxygens (including phenoxy) is 1. The Bertz CT molecular complexity index is 880. The van der Waals surface area contributed by atoms with E-state index in [0.29, 0.717) is 22.5 Å². The van der Waals surface area contributed by atoms with Crippen molar-refractivity contribution in [1.82, 2.24) is 4.98 Å². The summed E-state index contributed by atoms with van der Waals surface area (Å²) in [6, 6.07) is 11.5. The molecule has 0 spiro atoms. The van der Waals surface area contributed by atoms with Gasteiger partial charge in [0.05, 0.1) is 11.9 Å². The third-order valence-corrected chi connectivity index (χ3v) is 4.36. The van der Waals surface area contributed by atoms with E-state index in [-0.39, 0.29) is 5.82 Å². The van der Waals surface area contributed by atoms with Crippen LogP contribution in [0.25, 0.3) is 0 Å². The second-order valence-corrected chi connectivity index (χ2v) is 6.56. The highest BCUT2D eigenvalue weighted by Crippen LogP contribution is 2.23. The molecule has 0 radical (unpaired) electrons. The summed E-state index contributed by atoms with van der Waals surface area (Å²) in [5.41, 5.74) is 5.42. The number of halogens is 2. The lowest BCUT2D eigenvalue weighted by Gasteiger charge is -2.09. The fourth-order valence-electron chi connectivity index (χ4n) is 2.06. The van der Waals surface area contributed by atoms with Gasteiger partial charge in [-0.3, -0.25) is 5.43 Å². The monoisotopic (exact) mass is 375 g/mol. The third kappa shape index (κ3) is 5.01. The summed E-state index contributed by atoms with van der Waals surface area (Å²) in [6.07, 6.45) is 1.63. The van der Waals surface area contributed by atoms with Gasteiger partial charge in [-0.2, -0.15) is 5.10 Å². The molecule has 0 aliphatic heterocycles. The van der Waals surface area contributed by atoms with Crippen molar-refractivity contribution in [2.24, 2.45) is 5.10 Å². The lowest BCUT2D eigenvalue weighted by atomic mass is 10.2. The number of nitrogens with zero attached hydrogens (tertiary/aromatic N) is 2. The van der Waals surface area contributed by atoms with Gasteiger partial charge >= 0.3 is 0 Å². The highest BCUT2D eigenvalue weighted by molar-refractivity contribution is 7.13. The molecule has 2 aromatic carbocycles. The van der Waals surface area contributed by atoms with Crippen LogP contribution in [0.2, 0.25) is 5.02 Å². The molecule has 0 aliphatic carbocycles. The van der Waals surface area contributed by atoms with E-state index in [0.717, 1.165) is 16.8 Å². The first-order valence-electron chi connectivity index (χ1n) is 7.48. The topological polar surface area (TPSA) is 46.5 Å². The van der Waals surface area contributed by atoms with Crippen LogP contribution in [0, 0.1) is 12.7 Å². The molecule has 0 bridgehead atoms. The lowest BCUT2D eigenvalue weighted by Crippen LogP contribution is -1.99. The van der Waals surface area contributed by atoms with Crippen LogP contribution in [-0.2, 0) is 6.61 Å². The molecule has 1 heterocycles. The van der Waals surface area contributed by atoms with Crippen molar-refractivity contribution in [1.29, 1.82) is 0 Å². The largest absolute Gasteiger partial charge is 0.488 e. The smallest absolute Gasteiger partial charge is 0.203 e. The van der Waals surface area contributed by atoms with Gasteiger partial charge in [0.1, 0.15) is 18.2 Å². The van der Waals surface area contributed by atoms with Crippen molar-refractivity contribution in [3.63, 3.8) is 0 Å². The number of nitrogens with one attached hydrogen (secondary N) is 1. The first-order valence-corrected chi connectivity index (χ1v) is 8.74. The van der Waals surface area contributed by atoms with E-state index in [4.69, 9.17) is 16.3 Å². The van der Waals surface area contributed by atoms with Crippen molar-refractivity contribution in [3.05, 3.63) is 75.5 Å². The van der Waals surface area contributed by atoms with Gasteiger partial charge in [-0.05, 0) is 42.8 Å². The summed E-state index contributed by atoms with van der Waals surface area (Å²) in [4.78, 5) is 4.27. The van der Waals surface area contributed by atoms with Crippen molar-refractivity contribution < 1.29 is 9.13 Å². The molecule has 7 heteroatoms. The molecular formula is C18H15ClFN3OS. The van der Waals surface area contributed by atoms with Crippen LogP contribution < -0.4 is 10.2 Å². The number of hydrogen-bond acceptors (Lipinski definition) is 5. The van der Waals surface area contributed by atoms with Crippen molar-refractivity contribution in [3.8, 4) is 5.75 Å². The molecule has 128 valence electrons. The first kappa shape index (κ1) is 17.4. The predicted octanol–water partition coefficient (Wildman–Crippen LogP) is 5.27. The molecule has 4 nitrogen and oxygen atoms in total. The molecule has 0 atom stereocenters. The summed E-state index contributed by atoms with van der Waals surface area (Å²) >= 11 is 7.54. The maximum Gasteiger partial charge on any atom is 0.203 e. The van der Waals surface area contributed by atoms with Crippen LogP contribution in [-0.4, -0.2) is 11.2 Å². The third-order valence-electron chi connectivity index (χ3n) is 3.26. The Morgan fingerprint density at radius 3 is 2.80 bits per heavy atom. The average molecular weight is 376 g/mol. The van der Waals surface area contributed by atoms with E-state index < -0.39 is 0 Å². The summed E-state index contributed by atoms with van der Waals surface area (Å²) < 4.78 is 18.8. The fourth-order valence-corrected chi connectivity index (χ4v) is 2.87. The number of benzene rings is 2. The number of hydrogen-bond donors (Lipinski definition) is 1. The highest BCUT2D eigenvalue weighted by Gasteiger charge is 2.04. The van der Waals surface area contributed by atoms with E-state index in [9.17, 15) is 4.39 Å². The molecule has 25 heavy (non-hydrogen) atoms. The van der Waals surface area contributed by atoms with Crippen LogP contribution in [0.1, 0.15) is 16.8 Å². The van der Waals surface area contributed by atoms with E-state index in [1.165, 1.54) is 23.5 Å². The van der Waals surface area contributed by atoms with E-state index in [1.54, 1.807) is 36.5 Å². The number of anilines is 1. The summed E-state index contributed by atoms with van der Waals surface area (Å²) in [5, 5.41) is 7.41. The van der Waals surface area contributed by atoms with E-state index in [1.807, 2.05) is 12.3 Å². The second-order valence-electron chi connectivity index (χ2n) is 5.26. The standard InChI is InChI=1S/C18H15ClFN3OS/c1-12-11-25-18(22-12)23-21-9-14-8-15(19)4-7-17(14)24-10-13-2-5-16(20)6-3-13/h2-9,11H,10H2,1H3,(H,22,23). The second kappa shape index (κ2) is 8.09. The molecular weight excluding hydrogens is 361 g/mol. The Hall–Kier alpha value is -2.44. The maximum absolute atomic E-state index is 13.0. The number of thiazole rings is 1. The van der Waals surface area contributed by atoms with Crippen LogP contribution in [0.3, 0.4) is 0 Å². The van der Waals surface area contributed by atoms with Crippen molar-refractivity contribution in [2.45, 2.75) is 13.5 Å². The highest BCUT2D eigenvalue weighted by atomic mass is 35.5. The summed E-state index contributed by atoms with van der Waals surface area (Å²) in [7, 11) is 0. The number of aryl methyl sites for hydroxylation is 1. The Balaban J connectivity index is 1.70. The molecule has 1 aromatic heterocycles. The molecule has 0 aliphatic rings. The van der Waals surface area contributed by atoms with Gasteiger partial charge in [0.2, 0.25) is 5.13 Å². The Labute approximate surface area is 153 Å². The molecule has 0 fully saturated rings. The lowest BCUT2D eigenvalue weighted by molar-refractivity contribution is 0.305. The van der Waals surface area contributed by atoms with Crippen LogP contribution in [0.5, 0.6) is 5.75 Å². The normalized spacial score (nSPS) is 11.0. The minimum absolute atomic E-state index is 0.272. The molecule has 0 amide bonds. The van der Waals surface area contributed by atoms with E-state index in [2.05, 4.69) is 15.5 Å². The van der Waals surface area contributed by atoms with Crippen LogP contribution in [0.15, 0.2) is 52.9 Å². The zero-order chi connectivity index (χ0) is 17.6. The Morgan fingerprint density at radius 2 is 2.08 bits per heavy atom. The van der Waals surface area contributed by atoms with Gasteiger partial charge in [-0.15, -0.1) is 11.3 Å². The van der Waals surface area contributed by atoms with Gasteiger partial charge in [0.15, 0.2) is 0 Å². The number of rotatable bonds is 6. The molecule has 3 rings (SSSR count). The minimum atomic E-state index is -0.272. The van der Waals surface area contributed by atoms with Gasteiger partial charge < -0.3 is 4.74 Å². The molecule has 0 saturated heterocycles. The Morgan fingerprint density at radius 1 is 1.28 bits per heavy atom. The first-order chi connectivity index (χ1) is 12.1. The number of hydrazone groups is 1. The van der Waals surface area contributed by atoms with E-state index >= 15 is 0 Å². The molecule has 0 saturated carbocycles. The maximum atomic E-state index is 13.0. The van der Waals surface area contributed by atoms with Crippen LogP contribution in [0.4, 0.5) is 9.52 Å². The van der Waals surface area contributed by atoms with Gasteiger partial charge in [0, 0.05) is 16.0 Å². The summed E-state index contributed by atoms with van der Waals surface area (Å²) in [6.45, 7) is 2.24. The molecule has 3 aromatic rings. The minimum Gasteiger partial charge on any atom is -0.488 e. The van der Waals surface area contributed by atoms with Crippen molar-refractivity contribution >= 4 is 34.3 Å². The van der Waals surface area contributed by atoms with Crippen molar-refractivity contribution in [2.75, 3.05) is 5.43 Å². The Kier molecular flexibility index (Phi) is 5.63. The zero-order valence-electron chi connectivity index (χ0n) is 13.4.